The van der Waals surface area contributed by atoms with Crippen molar-refractivity contribution in [1.29, 1.82) is 0 Å². The first-order chi connectivity index (χ1) is 12.7. The van der Waals surface area contributed by atoms with Crippen molar-refractivity contribution in [2.24, 2.45) is 0 Å². The minimum Gasteiger partial charge on any atom is -0.440 e. The molecular weight excluding hydrogens is 342 g/mol. The lowest BCUT2D eigenvalue weighted by atomic mass is 9.97. The Hall–Kier alpha value is -3.22. The molecular formula is C20H21N5O2. The summed E-state index contributed by atoms with van der Waals surface area (Å²) in [5.41, 5.74) is 4.61. The Kier molecular flexibility index (Phi) is 3.76. The fourth-order valence-corrected chi connectivity index (χ4v) is 2.96. The lowest BCUT2D eigenvalue weighted by Gasteiger charge is -2.11. The summed E-state index contributed by atoms with van der Waals surface area (Å²) in [6, 6.07) is 7.35. The zero-order chi connectivity index (χ0) is 19.3. The fourth-order valence-electron chi connectivity index (χ4n) is 2.96. The lowest BCUT2D eigenvalue weighted by molar-refractivity contribution is 0.102. The van der Waals surface area contributed by atoms with Crippen molar-refractivity contribution in [2.45, 2.75) is 40.0 Å². The number of nitrogens with one attached hydrogen (secondary N) is 1. The highest BCUT2D eigenvalue weighted by Gasteiger charge is 2.21. The van der Waals surface area contributed by atoms with Crippen molar-refractivity contribution in [1.82, 2.24) is 19.6 Å². The fraction of sp³-hybridized carbons (Fsp3) is 0.300. The van der Waals surface area contributed by atoms with E-state index in [9.17, 15) is 4.79 Å². The Morgan fingerprint density at radius 3 is 2.67 bits per heavy atom. The molecule has 3 aromatic heterocycles. The van der Waals surface area contributed by atoms with E-state index in [-0.39, 0.29) is 11.3 Å². The Bertz CT molecular complexity index is 1180. The van der Waals surface area contributed by atoms with Crippen molar-refractivity contribution >= 4 is 28.3 Å². The van der Waals surface area contributed by atoms with Gasteiger partial charge < -0.3 is 9.73 Å². The molecule has 0 spiro atoms. The first kappa shape index (κ1) is 17.2. The highest BCUT2D eigenvalue weighted by Crippen LogP contribution is 2.27. The minimum absolute atomic E-state index is 0.180. The summed E-state index contributed by atoms with van der Waals surface area (Å²) in [6.07, 6.45) is 1.54. The van der Waals surface area contributed by atoms with Crippen LogP contribution in [-0.4, -0.2) is 25.5 Å². The zero-order valence-corrected chi connectivity index (χ0v) is 16.0. The Morgan fingerprint density at radius 2 is 1.93 bits per heavy atom. The molecule has 27 heavy (non-hydrogen) atoms. The van der Waals surface area contributed by atoms with Crippen LogP contribution in [0.1, 0.15) is 48.4 Å². The van der Waals surface area contributed by atoms with Gasteiger partial charge in [0.2, 0.25) is 5.89 Å². The van der Waals surface area contributed by atoms with Crippen LogP contribution in [0.25, 0.3) is 16.7 Å². The average Bonchev–Trinajstić information content (AvgIpc) is 3.17. The van der Waals surface area contributed by atoms with Gasteiger partial charge in [-0.2, -0.15) is 5.10 Å². The minimum atomic E-state index is -0.263. The maximum Gasteiger partial charge on any atom is 0.261 e. The predicted octanol–water partition coefficient (Wildman–Crippen LogP) is 4.04. The largest absolute Gasteiger partial charge is 0.440 e. The van der Waals surface area contributed by atoms with E-state index in [4.69, 9.17) is 4.42 Å². The van der Waals surface area contributed by atoms with Crippen molar-refractivity contribution in [3.8, 4) is 0 Å². The number of nitrogens with zero attached hydrogens (tertiary/aromatic N) is 4. The quantitative estimate of drug-likeness (QED) is 0.581. The van der Waals surface area contributed by atoms with Crippen LogP contribution in [0.3, 0.4) is 0 Å². The second-order valence-electron chi connectivity index (χ2n) is 7.74. The first-order valence-corrected chi connectivity index (χ1v) is 8.77. The molecule has 1 N–H and O–H groups in total. The van der Waals surface area contributed by atoms with Crippen LogP contribution in [0.2, 0.25) is 0 Å². The Labute approximate surface area is 156 Å². The molecule has 0 fully saturated rings. The molecule has 7 heteroatoms. The molecule has 4 rings (SSSR count). The third-order valence-corrected chi connectivity index (χ3v) is 4.31. The third-order valence-electron chi connectivity index (χ3n) is 4.31. The van der Waals surface area contributed by atoms with Gasteiger partial charge in [-0.1, -0.05) is 20.8 Å². The van der Waals surface area contributed by atoms with Gasteiger partial charge in [0.1, 0.15) is 11.1 Å². The van der Waals surface area contributed by atoms with Gasteiger partial charge in [0.05, 0.1) is 6.20 Å². The van der Waals surface area contributed by atoms with Crippen molar-refractivity contribution in [3.05, 3.63) is 53.3 Å². The van der Waals surface area contributed by atoms with Gasteiger partial charge in [-0.05, 0) is 38.1 Å². The van der Waals surface area contributed by atoms with Gasteiger partial charge in [0, 0.05) is 22.5 Å². The van der Waals surface area contributed by atoms with E-state index < -0.39 is 0 Å². The van der Waals surface area contributed by atoms with E-state index in [0.29, 0.717) is 33.9 Å². The van der Waals surface area contributed by atoms with Crippen molar-refractivity contribution in [3.63, 3.8) is 0 Å². The van der Waals surface area contributed by atoms with Gasteiger partial charge in [-0.25, -0.2) is 14.5 Å². The van der Waals surface area contributed by atoms with Crippen LogP contribution >= 0.6 is 0 Å². The normalized spacial score (nSPS) is 12.0. The number of hydrogen-bond acceptors (Lipinski definition) is 5. The molecule has 138 valence electrons. The van der Waals surface area contributed by atoms with E-state index in [1.807, 2.05) is 52.8 Å². The molecule has 7 nitrogen and oxygen atoms in total. The van der Waals surface area contributed by atoms with E-state index in [1.54, 1.807) is 10.6 Å². The number of anilines is 1. The molecule has 3 heterocycles. The smallest absolute Gasteiger partial charge is 0.261 e. The van der Waals surface area contributed by atoms with Gasteiger partial charge in [0.25, 0.3) is 5.91 Å². The second-order valence-corrected chi connectivity index (χ2v) is 7.74. The molecule has 0 bridgehead atoms. The molecule has 0 aliphatic rings. The number of benzene rings is 1. The SMILES string of the molecule is Cc1cc(C)n2ncc(C(=O)Nc3ccc4oc(C(C)(C)C)nc4c3)c2n1. The number of amides is 1. The highest BCUT2D eigenvalue weighted by atomic mass is 16.3. The topological polar surface area (TPSA) is 85.3 Å². The maximum atomic E-state index is 12.8. The summed E-state index contributed by atoms with van der Waals surface area (Å²) >= 11 is 0. The number of aryl methyl sites for hydroxylation is 2. The molecule has 0 saturated heterocycles. The maximum absolute atomic E-state index is 12.8. The van der Waals surface area contributed by atoms with E-state index in [0.717, 1.165) is 11.4 Å². The monoisotopic (exact) mass is 363 g/mol. The highest BCUT2D eigenvalue weighted by molar-refractivity contribution is 6.08. The molecule has 1 aromatic carbocycles. The van der Waals surface area contributed by atoms with Crippen LogP contribution in [0.4, 0.5) is 5.69 Å². The molecule has 0 aliphatic heterocycles. The lowest BCUT2D eigenvalue weighted by Crippen LogP contribution is -2.12. The summed E-state index contributed by atoms with van der Waals surface area (Å²) in [6.45, 7) is 9.96. The number of oxazole rings is 1. The molecule has 0 unspecified atom stereocenters. The predicted molar refractivity (Wildman–Crippen MR) is 103 cm³/mol. The number of carbonyl (C=O) groups is 1. The van der Waals surface area contributed by atoms with E-state index in [2.05, 4.69) is 20.4 Å². The number of carbonyl (C=O) groups excluding carboxylic acids is 1. The van der Waals surface area contributed by atoms with Gasteiger partial charge >= 0.3 is 0 Å². The average molecular weight is 363 g/mol. The number of aromatic nitrogens is 4. The molecule has 0 saturated carbocycles. The van der Waals surface area contributed by atoms with Crippen LogP contribution < -0.4 is 5.32 Å². The van der Waals surface area contributed by atoms with E-state index in [1.165, 1.54) is 6.20 Å². The zero-order valence-electron chi connectivity index (χ0n) is 16.0. The van der Waals surface area contributed by atoms with Crippen LogP contribution in [0.5, 0.6) is 0 Å². The van der Waals surface area contributed by atoms with Gasteiger partial charge in [0.15, 0.2) is 11.2 Å². The summed E-state index contributed by atoms with van der Waals surface area (Å²) < 4.78 is 7.47. The molecule has 0 atom stereocenters. The summed E-state index contributed by atoms with van der Waals surface area (Å²) in [7, 11) is 0. The Morgan fingerprint density at radius 1 is 1.15 bits per heavy atom. The van der Waals surface area contributed by atoms with Crippen molar-refractivity contribution < 1.29 is 9.21 Å². The van der Waals surface area contributed by atoms with E-state index >= 15 is 0 Å². The van der Waals surface area contributed by atoms with Gasteiger partial charge in [-0.15, -0.1) is 0 Å². The number of fused-ring (bicyclic) bond motifs is 2. The first-order valence-electron chi connectivity index (χ1n) is 8.77. The summed E-state index contributed by atoms with van der Waals surface area (Å²) in [4.78, 5) is 21.8. The van der Waals surface area contributed by atoms with Crippen LogP contribution in [0.15, 0.2) is 34.9 Å². The number of hydrogen-bond donors (Lipinski definition) is 1. The molecule has 0 aliphatic carbocycles. The summed E-state index contributed by atoms with van der Waals surface area (Å²) in [5.74, 6) is 0.403. The Balaban J connectivity index is 1.67. The van der Waals surface area contributed by atoms with Crippen LogP contribution in [0, 0.1) is 13.8 Å². The summed E-state index contributed by atoms with van der Waals surface area (Å²) in [5, 5.41) is 7.17. The standard InChI is InChI=1S/C20H21N5O2/c1-11-8-12(2)25-17(22-11)14(10-21-25)18(26)23-13-6-7-16-15(9-13)24-19(27-16)20(3,4)5/h6-10H,1-5H3,(H,23,26). The third kappa shape index (κ3) is 3.05. The van der Waals surface area contributed by atoms with Crippen molar-refractivity contribution in [2.75, 3.05) is 5.32 Å². The molecule has 4 aromatic rings. The van der Waals surface area contributed by atoms with Crippen LogP contribution in [-0.2, 0) is 5.41 Å². The molecule has 1 amide bonds. The van der Waals surface area contributed by atoms with Gasteiger partial charge in [-0.3, -0.25) is 4.79 Å². The second kappa shape index (κ2) is 5.90. The number of rotatable bonds is 2. The molecule has 0 radical (unpaired) electrons.